The average Bonchev–Trinajstić information content (AvgIpc) is 2.27. The number of amides is 1. The molecule has 2 rings (SSSR count). The second-order valence-electron chi connectivity index (χ2n) is 3.17. The monoisotopic (exact) mass is 217 g/mol. The molecule has 6 heteroatoms. The summed E-state index contributed by atoms with van der Waals surface area (Å²) in [4.78, 5) is 24.9. The van der Waals surface area contributed by atoms with Crippen LogP contribution in [0.4, 0.5) is 5.82 Å². The van der Waals surface area contributed by atoms with Gasteiger partial charge in [-0.05, 0) is 22.0 Å². The Hall–Kier alpha value is -2.50. The second kappa shape index (κ2) is 3.58. The van der Waals surface area contributed by atoms with Crippen molar-refractivity contribution in [2.45, 2.75) is 0 Å². The van der Waals surface area contributed by atoms with E-state index in [1.807, 2.05) is 0 Å². The molecule has 0 saturated carbocycles. The Balaban J connectivity index is 2.84. The highest BCUT2D eigenvalue weighted by molar-refractivity contribution is 6.05. The Kier molecular flexibility index (Phi) is 2.24. The van der Waals surface area contributed by atoms with Gasteiger partial charge in [0, 0.05) is 11.5 Å². The van der Waals surface area contributed by atoms with Gasteiger partial charge in [0.25, 0.3) is 0 Å². The molecule has 0 spiro atoms. The van der Waals surface area contributed by atoms with E-state index < -0.39 is 10.8 Å². The maximum Gasteiger partial charge on any atom is 0.364 e. The number of nitrogens with two attached hydrogens (primary N) is 1. The molecule has 1 aromatic heterocycles. The van der Waals surface area contributed by atoms with Gasteiger partial charge in [0.1, 0.15) is 0 Å². The largest absolute Gasteiger partial charge is 0.366 e. The predicted octanol–water partition coefficient (Wildman–Crippen LogP) is 1.24. The summed E-state index contributed by atoms with van der Waals surface area (Å²) in [6.45, 7) is 0. The number of para-hydroxylation sites is 1. The van der Waals surface area contributed by atoms with Crippen molar-refractivity contribution in [3.05, 3.63) is 46.0 Å². The molecule has 0 aliphatic rings. The molecule has 80 valence electrons. The van der Waals surface area contributed by atoms with Gasteiger partial charge in [0.05, 0.1) is 5.56 Å². The highest BCUT2D eigenvalue weighted by atomic mass is 16.6. The first-order valence-electron chi connectivity index (χ1n) is 4.43. The number of hydrogen-bond donors (Lipinski definition) is 1. The van der Waals surface area contributed by atoms with E-state index in [-0.39, 0.29) is 11.4 Å². The molecule has 0 aliphatic heterocycles. The number of aromatic nitrogens is 1. The Morgan fingerprint density at radius 3 is 2.69 bits per heavy atom. The molecule has 6 nitrogen and oxygen atoms in total. The number of hydrogen-bond acceptors (Lipinski definition) is 4. The van der Waals surface area contributed by atoms with Crippen LogP contribution in [-0.4, -0.2) is 15.8 Å². The van der Waals surface area contributed by atoms with Crippen molar-refractivity contribution in [3.8, 4) is 0 Å². The van der Waals surface area contributed by atoms with Gasteiger partial charge in [-0.25, -0.2) is 0 Å². The summed E-state index contributed by atoms with van der Waals surface area (Å²) in [6, 6.07) is 7.72. The molecule has 16 heavy (non-hydrogen) atoms. The third kappa shape index (κ3) is 1.56. The van der Waals surface area contributed by atoms with Gasteiger partial charge in [0.2, 0.25) is 5.91 Å². The van der Waals surface area contributed by atoms with Gasteiger partial charge in [-0.15, -0.1) is 0 Å². The molecular formula is C10H7N3O3. The quantitative estimate of drug-likeness (QED) is 0.604. The first kappa shape index (κ1) is 10.0. The fourth-order valence-corrected chi connectivity index (χ4v) is 1.46. The van der Waals surface area contributed by atoms with E-state index in [1.165, 1.54) is 0 Å². The van der Waals surface area contributed by atoms with Crippen LogP contribution in [0, 0.1) is 10.1 Å². The zero-order chi connectivity index (χ0) is 11.7. The molecule has 1 heterocycles. The number of carbonyl (C=O) groups excluding carboxylic acids is 1. The van der Waals surface area contributed by atoms with Crippen LogP contribution in [-0.2, 0) is 0 Å². The van der Waals surface area contributed by atoms with Crippen molar-refractivity contribution >= 4 is 22.6 Å². The van der Waals surface area contributed by atoms with Crippen LogP contribution in [0.15, 0.2) is 30.3 Å². The minimum absolute atomic E-state index is 0.109. The Bertz CT molecular complexity index is 595. The number of pyridine rings is 1. The number of fused-ring (bicyclic) bond motifs is 1. The second-order valence-corrected chi connectivity index (χ2v) is 3.17. The summed E-state index contributed by atoms with van der Waals surface area (Å²) in [6.07, 6.45) is 0. The summed E-state index contributed by atoms with van der Waals surface area (Å²) in [7, 11) is 0. The molecule has 0 bridgehead atoms. The average molecular weight is 217 g/mol. The normalized spacial score (nSPS) is 10.2. The van der Waals surface area contributed by atoms with Gasteiger partial charge in [0.15, 0.2) is 5.52 Å². The predicted molar refractivity (Wildman–Crippen MR) is 56.9 cm³/mol. The van der Waals surface area contributed by atoms with Crippen LogP contribution in [0.25, 0.3) is 10.9 Å². The lowest BCUT2D eigenvalue weighted by Gasteiger charge is -2.00. The van der Waals surface area contributed by atoms with E-state index in [4.69, 9.17) is 5.73 Å². The SMILES string of the molecule is NC(=O)c1cc([N+](=O)[O-])nc2ccccc12. The summed E-state index contributed by atoms with van der Waals surface area (Å²) < 4.78 is 0. The highest BCUT2D eigenvalue weighted by Gasteiger charge is 2.16. The first-order valence-corrected chi connectivity index (χ1v) is 4.43. The summed E-state index contributed by atoms with van der Waals surface area (Å²) in [5.74, 6) is -1.09. The maximum absolute atomic E-state index is 11.2. The molecule has 0 fully saturated rings. The van der Waals surface area contributed by atoms with Crippen LogP contribution in [0.2, 0.25) is 0 Å². The Morgan fingerprint density at radius 1 is 1.38 bits per heavy atom. The lowest BCUT2D eigenvalue weighted by molar-refractivity contribution is -0.389. The smallest absolute Gasteiger partial charge is 0.364 e. The van der Waals surface area contributed by atoms with Crippen molar-refractivity contribution in [1.29, 1.82) is 0 Å². The fraction of sp³-hybridized carbons (Fsp3) is 0. The molecule has 0 unspecified atom stereocenters. The summed E-state index contributed by atoms with van der Waals surface area (Å²) in [5.41, 5.74) is 5.65. The minimum atomic E-state index is -0.707. The van der Waals surface area contributed by atoms with E-state index in [1.54, 1.807) is 24.3 Å². The van der Waals surface area contributed by atoms with Crippen LogP contribution in [0.1, 0.15) is 10.4 Å². The molecule has 0 radical (unpaired) electrons. The van der Waals surface area contributed by atoms with Gasteiger partial charge >= 0.3 is 5.82 Å². The van der Waals surface area contributed by atoms with E-state index in [0.29, 0.717) is 10.9 Å². The molecule has 2 aromatic rings. The maximum atomic E-state index is 11.2. The number of nitro groups is 1. The number of benzene rings is 1. The Morgan fingerprint density at radius 2 is 2.06 bits per heavy atom. The topological polar surface area (TPSA) is 99.1 Å². The van der Waals surface area contributed by atoms with Crippen LogP contribution in [0.5, 0.6) is 0 Å². The lowest BCUT2D eigenvalue weighted by Crippen LogP contribution is -2.12. The summed E-state index contributed by atoms with van der Waals surface area (Å²) >= 11 is 0. The number of rotatable bonds is 2. The standard InChI is InChI=1S/C10H7N3O3/c11-10(14)7-5-9(13(15)16)12-8-4-2-1-3-6(7)8/h1-5H,(H2,11,14). The minimum Gasteiger partial charge on any atom is -0.366 e. The third-order valence-corrected chi connectivity index (χ3v) is 2.16. The van der Waals surface area contributed by atoms with Crippen molar-refractivity contribution < 1.29 is 9.72 Å². The first-order chi connectivity index (χ1) is 7.59. The van der Waals surface area contributed by atoms with Gasteiger partial charge in [-0.3, -0.25) is 4.79 Å². The van der Waals surface area contributed by atoms with Gasteiger partial charge < -0.3 is 15.8 Å². The third-order valence-electron chi connectivity index (χ3n) is 2.16. The number of nitrogens with zero attached hydrogens (tertiary/aromatic N) is 2. The highest BCUT2D eigenvalue weighted by Crippen LogP contribution is 2.21. The van der Waals surface area contributed by atoms with Gasteiger partial charge in [-0.1, -0.05) is 12.1 Å². The van der Waals surface area contributed by atoms with E-state index in [0.717, 1.165) is 6.07 Å². The molecule has 1 amide bonds. The number of primary amides is 1. The fourth-order valence-electron chi connectivity index (χ4n) is 1.46. The van der Waals surface area contributed by atoms with E-state index in [2.05, 4.69) is 4.98 Å². The molecule has 0 saturated heterocycles. The van der Waals surface area contributed by atoms with Crippen molar-refractivity contribution in [2.24, 2.45) is 5.73 Å². The Labute approximate surface area is 89.9 Å². The molecule has 0 aliphatic carbocycles. The van der Waals surface area contributed by atoms with Crippen LogP contribution >= 0.6 is 0 Å². The van der Waals surface area contributed by atoms with Crippen LogP contribution in [0.3, 0.4) is 0 Å². The zero-order valence-corrected chi connectivity index (χ0v) is 8.08. The number of carbonyl (C=O) groups is 1. The zero-order valence-electron chi connectivity index (χ0n) is 8.08. The molecular weight excluding hydrogens is 210 g/mol. The van der Waals surface area contributed by atoms with Crippen molar-refractivity contribution in [1.82, 2.24) is 4.98 Å². The molecule has 2 N–H and O–H groups in total. The van der Waals surface area contributed by atoms with E-state index >= 15 is 0 Å². The lowest BCUT2D eigenvalue weighted by atomic mass is 10.1. The van der Waals surface area contributed by atoms with Gasteiger partial charge in [-0.2, -0.15) is 0 Å². The molecule has 1 aromatic carbocycles. The van der Waals surface area contributed by atoms with Crippen molar-refractivity contribution in [3.63, 3.8) is 0 Å². The molecule has 0 atom stereocenters. The van der Waals surface area contributed by atoms with Crippen LogP contribution < -0.4 is 5.73 Å². The summed E-state index contributed by atoms with van der Waals surface area (Å²) in [5, 5.41) is 11.1. The van der Waals surface area contributed by atoms with E-state index in [9.17, 15) is 14.9 Å². The van der Waals surface area contributed by atoms with Crippen molar-refractivity contribution in [2.75, 3.05) is 0 Å².